The maximum Gasteiger partial charge on any atom is 0.321 e. The van der Waals surface area contributed by atoms with E-state index in [0.717, 1.165) is 16.7 Å². The van der Waals surface area contributed by atoms with E-state index >= 15 is 0 Å². The molecule has 1 unspecified atom stereocenters. The van der Waals surface area contributed by atoms with Gasteiger partial charge in [-0.15, -0.1) is 12.4 Å². The Morgan fingerprint density at radius 3 is 2.59 bits per heavy atom. The molecular weight excluding hydrogens is 305 g/mol. The number of fused-ring (bicyclic) bond motifs is 1. The molecule has 5 heteroatoms. The molecule has 0 fully saturated rings. The maximum atomic E-state index is 13.4. The van der Waals surface area contributed by atoms with Crippen LogP contribution >= 0.6 is 12.4 Å². The highest BCUT2D eigenvalue weighted by molar-refractivity contribution is 5.85. The van der Waals surface area contributed by atoms with Crippen LogP contribution in [0.1, 0.15) is 16.7 Å². The number of carboxylic acids is 1. The molecule has 2 aromatic carbocycles. The molecule has 3 rings (SSSR count). The van der Waals surface area contributed by atoms with E-state index < -0.39 is 12.0 Å². The van der Waals surface area contributed by atoms with Crippen molar-refractivity contribution in [1.82, 2.24) is 4.90 Å². The predicted octanol–water partition coefficient (Wildman–Crippen LogP) is 3.26. The minimum Gasteiger partial charge on any atom is -0.480 e. The molecule has 1 aliphatic heterocycles. The van der Waals surface area contributed by atoms with Gasteiger partial charge in [-0.2, -0.15) is 0 Å². The largest absolute Gasteiger partial charge is 0.480 e. The van der Waals surface area contributed by atoms with Crippen LogP contribution in [0.4, 0.5) is 4.39 Å². The zero-order valence-electron chi connectivity index (χ0n) is 11.9. The molecule has 0 aromatic heterocycles. The second kappa shape index (κ2) is 6.90. The molecule has 1 atom stereocenters. The third-order valence-electron chi connectivity index (χ3n) is 3.91. The minimum absolute atomic E-state index is 0. The number of carbonyl (C=O) groups is 1. The topological polar surface area (TPSA) is 40.5 Å². The Bertz CT molecular complexity index is 663. The first-order chi connectivity index (χ1) is 10.1. The van der Waals surface area contributed by atoms with Crippen LogP contribution in [0.5, 0.6) is 0 Å². The standard InChI is InChI=1S/C17H16FNO2.ClH/c18-15-7-6-13-9-16(17(20)21)19(11-14(13)8-15)10-12-4-2-1-3-5-12;/h1-8,16H,9-11H2,(H,20,21);1H. The first-order valence-corrected chi connectivity index (χ1v) is 6.91. The molecule has 1 N–H and O–H groups in total. The summed E-state index contributed by atoms with van der Waals surface area (Å²) in [5.41, 5.74) is 2.86. The fourth-order valence-electron chi connectivity index (χ4n) is 2.83. The lowest BCUT2D eigenvalue weighted by Crippen LogP contribution is -2.45. The zero-order chi connectivity index (χ0) is 14.8. The normalized spacial score (nSPS) is 17.4. The van der Waals surface area contributed by atoms with Gasteiger partial charge in [0.2, 0.25) is 0 Å². The molecule has 0 aliphatic carbocycles. The third-order valence-corrected chi connectivity index (χ3v) is 3.91. The van der Waals surface area contributed by atoms with E-state index in [1.807, 2.05) is 35.2 Å². The van der Waals surface area contributed by atoms with E-state index in [2.05, 4.69) is 0 Å². The highest BCUT2D eigenvalue weighted by atomic mass is 35.5. The molecule has 22 heavy (non-hydrogen) atoms. The highest BCUT2D eigenvalue weighted by Gasteiger charge is 2.31. The Hall–Kier alpha value is -1.91. The summed E-state index contributed by atoms with van der Waals surface area (Å²) < 4.78 is 13.4. The summed E-state index contributed by atoms with van der Waals surface area (Å²) in [5, 5.41) is 9.45. The van der Waals surface area contributed by atoms with Crippen LogP contribution in [0, 0.1) is 5.82 Å². The molecular formula is C17H17ClFNO2. The average molecular weight is 322 g/mol. The quantitative estimate of drug-likeness (QED) is 0.943. The summed E-state index contributed by atoms with van der Waals surface area (Å²) >= 11 is 0. The molecule has 116 valence electrons. The second-order valence-electron chi connectivity index (χ2n) is 5.36. The van der Waals surface area contributed by atoms with Gasteiger partial charge in [0, 0.05) is 13.1 Å². The van der Waals surface area contributed by atoms with Crippen molar-refractivity contribution >= 4 is 18.4 Å². The van der Waals surface area contributed by atoms with Crippen molar-refractivity contribution in [2.45, 2.75) is 25.6 Å². The minimum atomic E-state index is -0.832. The van der Waals surface area contributed by atoms with Crippen LogP contribution in [0.15, 0.2) is 48.5 Å². The van der Waals surface area contributed by atoms with E-state index in [4.69, 9.17) is 0 Å². The Labute approximate surface area is 134 Å². The molecule has 0 radical (unpaired) electrons. The number of halogens is 2. The van der Waals surface area contributed by atoms with E-state index in [9.17, 15) is 14.3 Å². The Balaban J connectivity index is 0.00000176. The van der Waals surface area contributed by atoms with Gasteiger partial charge in [0.15, 0.2) is 0 Å². The number of carboxylic acid groups (broad SMARTS) is 1. The van der Waals surface area contributed by atoms with E-state index in [1.165, 1.54) is 12.1 Å². The number of aliphatic carboxylic acids is 1. The SMILES string of the molecule is Cl.O=C(O)C1Cc2ccc(F)cc2CN1Cc1ccccc1. The predicted molar refractivity (Wildman–Crippen MR) is 84.5 cm³/mol. The van der Waals surface area contributed by atoms with Crippen molar-refractivity contribution in [2.24, 2.45) is 0 Å². The lowest BCUT2D eigenvalue weighted by Gasteiger charge is -2.34. The summed E-state index contributed by atoms with van der Waals surface area (Å²) in [6.45, 7) is 1.01. The van der Waals surface area contributed by atoms with Crippen LogP contribution in [0.3, 0.4) is 0 Å². The Morgan fingerprint density at radius 2 is 1.91 bits per heavy atom. The van der Waals surface area contributed by atoms with Gasteiger partial charge < -0.3 is 5.11 Å². The summed E-state index contributed by atoms with van der Waals surface area (Å²) in [4.78, 5) is 13.4. The van der Waals surface area contributed by atoms with Gasteiger partial charge in [-0.25, -0.2) is 4.39 Å². The van der Waals surface area contributed by atoms with Crippen LogP contribution < -0.4 is 0 Å². The van der Waals surface area contributed by atoms with E-state index in [-0.39, 0.29) is 18.2 Å². The van der Waals surface area contributed by atoms with Gasteiger partial charge in [0.05, 0.1) is 0 Å². The van der Waals surface area contributed by atoms with Gasteiger partial charge in [-0.1, -0.05) is 36.4 Å². The number of hydrogen-bond acceptors (Lipinski definition) is 2. The van der Waals surface area contributed by atoms with Crippen molar-refractivity contribution in [3.8, 4) is 0 Å². The van der Waals surface area contributed by atoms with Crippen LogP contribution in [-0.4, -0.2) is 22.0 Å². The highest BCUT2D eigenvalue weighted by Crippen LogP contribution is 2.26. The lowest BCUT2D eigenvalue weighted by atomic mass is 9.93. The molecule has 0 saturated heterocycles. The van der Waals surface area contributed by atoms with Crippen molar-refractivity contribution in [1.29, 1.82) is 0 Å². The molecule has 1 aliphatic rings. The number of benzene rings is 2. The van der Waals surface area contributed by atoms with Crippen molar-refractivity contribution in [3.63, 3.8) is 0 Å². The molecule has 1 heterocycles. The number of rotatable bonds is 3. The Kier molecular flexibility index (Phi) is 5.16. The molecule has 0 bridgehead atoms. The molecule has 3 nitrogen and oxygen atoms in total. The average Bonchev–Trinajstić information content (AvgIpc) is 2.47. The van der Waals surface area contributed by atoms with Crippen molar-refractivity contribution < 1.29 is 14.3 Å². The lowest BCUT2D eigenvalue weighted by molar-refractivity contribution is -0.144. The fraction of sp³-hybridized carbons (Fsp3) is 0.235. The summed E-state index contributed by atoms with van der Waals surface area (Å²) in [5.74, 6) is -1.11. The van der Waals surface area contributed by atoms with Gasteiger partial charge in [-0.3, -0.25) is 9.69 Å². The monoisotopic (exact) mass is 321 g/mol. The van der Waals surface area contributed by atoms with Crippen LogP contribution in [-0.2, 0) is 24.3 Å². The number of hydrogen-bond donors (Lipinski definition) is 1. The molecule has 0 amide bonds. The summed E-state index contributed by atoms with van der Waals surface area (Å²) in [7, 11) is 0. The first-order valence-electron chi connectivity index (χ1n) is 6.91. The molecule has 0 saturated carbocycles. The van der Waals surface area contributed by atoms with Gasteiger partial charge >= 0.3 is 5.97 Å². The van der Waals surface area contributed by atoms with Crippen molar-refractivity contribution in [3.05, 3.63) is 71.0 Å². The molecule has 0 spiro atoms. The van der Waals surface area contributed by atoms with Gasteiger partial charge in [0.1, 0.15) is 11.9 Å². The zero-order valence-corrected chi connectivity index (χ0v) is 12.7. The third kappa shape index (κ3) is 3.46. The van der Waals surface area contributed by atoms with Crippen LogP contribution in [0.2, 0.25) is 0 Å². The van der Waals surface area contributed by atoms with Gasteiger partial charge in [-0.05, 0) is 35.2 Å². The smallest absolute Gasteiger partial charge is 0.321 e. The molecule has 2 aromatic rings. The van der Waals surface area contributed by atoms with Gasteiger partial charge in [0.25, 0.3) is 0 Å². The van der Waals surface area contributed by atoms with E-state index in [1.54, 1.807) is 6.07 Å². The second-order valence-corrected chi connectivity index (χ2v) is 5.36. The fourth-order valence-corrected chi connectivity index (χ4v) is 2.83. The Morgan fingerprint density at radius 1 is 1.18 bits per heavy atom. The first kappa shape index (κ1) is 16.5. The van der Waals surface area contributed by atoms with E-state index in [0.29, 0.717) is 19.5 Å². The maximum absolute atomic E-state index is 13.4. The summed E-state index contributed by atoms with van der Waals surface area (Å²) in [6, 6.07) is 13.8. The van der Waals surface area contributed by atoms with Crippen LogP contribution in [0.25, 0.3) is 0 Å². The number of nitrogens with zero attached hydrogens (tertiary/aromatic N) is 1. The summed E-state index contributed by atoms with van der Waals surface area (Å²) in [6.07, 6.45) is 0.414. The van der Waals surface area contributed by atoms with Crippen molar-refractivity contribution in [2.75, 3.05) is 0 Å².